The molecule has 6 heteroatoms. The molecule has 148 valence electrons. The zero-order valence-electron chi connectivity index (χ0n) is 17.0. The van der Waals surface area contributed by atoms with Crippen LogP contribution in [0.3, 0.4) is 0 Å². The molecule has 0 radical (unpaired) electrons. The Labute approximate surface area is 174 Å². The fourth-order valence-corrected chi connectivity index (χ4v) is 5.58. The van der Waals surface area contributed by atoms with E-state index in [9.17, 15) is 4.79 Å². The summed E-state index contributed by atoms with van der Waals surface area (Å²) in [6, 6.07) is 8.10. The molecule has 1 aromatic carbocycles. The zero-order chi connectivity index (χ0) is 20.0. The van der Waals surface area contributed by atoms with E-state index in [0.717, 1.165) is 37.9 Å². The smallest absolute Gasteiger partial charge is 0.267 e. The van der Waals surface area contributed by atoms with Gasteiger partial charge in [0.2, 0.25) is 0 Å². The van der Waals surface area contributed by atoms with Gasteiger partial charge in [-0.25, -0.2) is 4.98 Å². The number of hydrogen-bond acceptors (Lipinski definition) is 5. The van der Waals surface area contributed by atoms with Crippen molar-refractivity contribution in [2.75, 3.05) is 0 Å². The summed E-state index contributed by atoms with van der Waals surface area (Å²) >= 11 is 3.24. The Morgan fingerprint density at radius 1 is 1.21 bits per heavy atom. The molecule has 28 heavy (non-hydrogen) atoms. The van der Waals surface area contributed by atoms with E-state index >= 15 is 0 Å². The maximum absolute atomic E-state index is 13.7. The maximum Gasteiger partial charge on any atom is 0.267 e. The molecule has 0 spiro atoms. The third kappa shape index (κ3) is 3.53. The van der Waals surface area contributed by atoms with Crippen LogP contribution in [0.15, 0.2) is 34.2 Å². The van der Waals surface area contributed by atoms with E-state index in [1.54, 1.807) is 27.7 Å². The molecule has 0 bridgehead atoms. The second-order valence-electron chi connectivity index (χ2n) is 8.02. The molecule has 0 unspecified atom stereocenters. The molecule has 4 nitrogen and oxygen atoms in total. The summed E-state index contributed by atoms with van der Waals surface area (Å²) in [6.45, 7) is 11.2. The number of rotatable bonds is 4. The Bertz CT molecular complexity index is 1060. The second-order valence-corrected chi connectivity index (χ2v) is 10.6. The van der Waals surface area contributed by atoms with Crippen molar-refractivity contribution in [2.24, 2.45) is 5.92 Å². The number of hydrogen-bond donors (Lipinski definition) is 0. The highest BCUT2D eigenvalue weighted by atomic mass is 32.2. The SMILES string of the molecule is Cc1ccc(-n2c(SC(C)C)nc3sc4c(c3c2=O)C[C@@H](C(C)C)OC4)cc1. The number of thioether (sulfide) groups is 1. The van der Waals surface area contributed by atoms with Gasteiger partial charge in [-0.2, -0.15) is 0 Å². The lowest BCUT2D eigenvalue weighted by atomic mass is 9.96. The van der Waals surface area contributed by atoms with E-state index in [2.05, 4.69) is 34.6 Å². The zero-order valence-corrected chi connectivity index (χ0v) is 18.6. The topological polar surface area (TPSA) is 44.1 Å². The molecule has 0 aliphatic carbocycles. The first-order valence-corrected chi connectivity index (χ1v) is 11.5. The minimum atomic E-state index is 0.0407. The lowest BCUT2D eigenvalue weighted by Crippen LogP contribution is -2.28. The summed E-state index contributed by atoms with van der Waals surface area (Å²) in [5, 5.41) is 1.88. The van der Waals surface area contributed by atoms with Gasteiger partial charge in [0.25, 0.3) is 5.56 Å². The van der Waals surface area contributed by atoms with E-state index in [1.807, 2.05) is 24.3 Å². The lowest BCUT2D eigenvalue weighted by Gasteiger charge is -2.26. The van der Waals surface area contributed by atoms with Crippen molar-refractivity contribution in [1.82, 2.24) is 9.55 Å². The fourth-order valence-electron chi connectivity index (χ4n) is 3.55. The summed E-state index contributed by atoms with van der Waals surface area (Å²) in [5.41, 5.74) is 3.23. The molecule has 1 atom stereocenters. The molecule has 4 rings (SSSR count). The average molecular weight is 415 g/mol. The van der Waals surface area contributed by atoms with Gasteiger partial charge in [0, 0.05) is 16.5 Å². The van der Waals surface area contributed by atoms with Crippen molar-refractivity contribution >= 4 is 33.3 Å². The maximum atomic E-state index is 13.7. The summed E-state index contributed by atoms with van der Waals surface area (Å²) < 4.78 is 7.82. The second kappa shape index (κ2) is 7.65. The number of nitrogens with zero attached hydrogens (tertiary/aromatic N) is 2. The van der Waals surface area contributed by atoms with Crippen LogP contribution in [0.25, 0.3) is 15.9 Å². The predicted octanol–water partition coefficient (Wildman–Crippen LogP) is 5.35. The Kier molecular flexibility index (Phi) is 5.38. The number of benzene rings is 1. The van der Waals surface area contributed by atoms with Crippen LogP contribution in [0.4, 0.5) is 0 Å². The normalized spacial score (nSPS) is 16.9. The van der Waals surface area contributed by atoms with Crippen molar-refractivity contribution in [3.05, 3.63) is 50.6 Å². The Morgan fingerprint density at radius 3 is 2.57 bits per heavy atom. The standard InChI is InChI=1S/C22H26N2O2S2/c1-12(2)17-10-16-18(11-26-17)28-20-19(16)21(25)24(22(23-20)27-13(3)4)15-8-6-14(5)7-9-15/h6-9,12-13,17H,10-11H2,1-5H3/t17-/m0/s1. The van der Waals surface area contributed by atoms with Gasteiger partial charge in [0.05, 0.1) is 23.8 Å². The number of thiophene rings is 1. The van der Waals surface area contributed by atoms with Gasteiger partial charge in [-0.1, -0.05) is 57.2 Å². The lowest BCUT2D eigenvalue weighted by molar-refractivity contribution is 0.00200. The first-order valence-electron chi connectivity index (χ1n) is 9.77. The Morgan fingerprint density at radius 2 is 1.93 bits per heavy atom. The molecule has 0 saturated carbocycles. The van der Waals surface area contributed by atoms with Crippen molar-refractivity contribution in [1.29, 1.82) is 0 Å². The summed E-state index contributed by atoms with van der Waals surface area (Å²) in [6.07, 6.45) is 0.941. The van der Waals surface area contributed by atoms with Crippen molar-refractivity contribution in [2.45, 2.75) is 64.2 Å². The highest BCUT2D eigenvalue weighted by Crippen LogP contribution is 2.36. The van der Waals surface area contributed by atoms with E-state index in [-0.39, 0.29) is 11.7 Å². The summed E-state index contributed by atoms with van der Waals surface area (Å²) in [7, 11) is 0. The molecule has 1 aliphatic rings. The van der Waals surface area contributed by atoms with Crippen LogP contribution in [-0.4, -0.2) is 20.9 Å². The first-order chi connectivity index (χ1) is 13.3. The highest BCUT2D eigenvalue weighted by molar-refractivity contribution is 7.99. The number of fused-ring (bicyclic) bond motifs is 3. The highest BCUT2D eigenvalue weighted by Gasteiger charge is 2.28. The van der Waals surface area contributed by atoms with Crippen LogP contribution >= 0.6 is 23.1 Å². The Hall–Kier alpha value is -1.63. The van der Waals surface area contributed by atoms with Crippen molar-refractivity contribution < 1.29 is 4.74 Å². The quantitative estimate of drug-likeness (QED) is 0.426. The number of ether oxygens (including phenoxy) is 1. The van der Waals surface area contributed by atoms with Crippen LogP contribution in [0, 0.1) is 12.8 Å². The molecule has 0 amide bonds. The van der Waals surface area contributed by atoms with Gasteiger partial charge in [-0.15, -0.1) is 11.3 Å². The fraction of sp³-hybridized carbons (Fsp3) is 0.455. The van der Waals surface area contributed by atoms with Crippen molar-refractivity contribution in [3.63, 3.8) is 0 Å². The van der Waals surface area contributed by atoms with Crippen molar-refractivity contribution in [3.8, 4) is 5.69 Å². The number of aryl methyl sites for hydroxylation is 1. The van der Waals surface area contributed by atoms with Gasteiger partial charge >= 0.3 is 0 Å². The van der Waals surface area contributed by atoms with Crippen LogP contribution in [-0.2, 0) is 17.8 Å². The van der Waals surface area contributed by atoms with Crippen LogP contribution in [0.1, 0.15) is 43.7 Å². The van der Waals surface area contributed by atoms with E-state index in [4.69, 9.17) is 9.72 Å². The van der Waals surface area contributed by atoms with Gasteiger partial charge in [-0.3, -0.25) is 9.36 Å². The van der Waals surface area contributed by atoms with Crippen LogP contribution in [0.5, 0.6) is 0 Å². The minimum Gasteiger partial charge on any atom is -0.372 e. The average Bonchev–Trinajstić information content (AvgIpc) is 3.00. The van der Waals surface area contributed by atoms with Gasteiger partial charge < -0.3 is 4.74 Å². The van der Waals surface area contributed by atoms with E-state index in [1.165, 1.54) is 5.56 Å². The van der Waals surface area contributed by atoms with E-state index < -0.39 is 0 Å². The third-order valence-electron chi connectivity index (χ3n) is 5.09. The molecule has 0 fully saturated rings. The minimum absolute atomic E-state index is 0.0407. The predicted molar refractivity (Wildman–Crippen MR) is 118 cm³/mol. The van der Waals surface area contributed by atoms with Crippen LogP contribution < -0.4 is 5.56 Å². The molecule has 0 N–H and O–H groups in total. The molecule has 3 aromatic rings. The molecule has 3 heterocycles. The van der Waals surface area contributed by atoms with Gasteiger partial charge in [-0.05, 0) is 30.5 Å². The molecular formula is C22H26N2O2S2. The number of aromatic nitrogens is 2. The first kappa shape index (κ1) is 19.7. The molecule has 1 aliphatic heterocycles. The third-order valence-corrected chi connectivity index (χ3v) is 7.14. The molecule has 2 aromatic heterocycles. The van der Waals surface area contributed by atoms with Gasteiger partial charge in [0.15, 0.2) is 5.16 Å². The Balaban J connectivity index is 1.96. The molecular weight excluding hydrogens is 388 g/mol. The largest absolute Gasteiger partial charge is 0.372 e. The summed E-state index contributed by atoms with van der Waals surface area (Å²) in [5.74, 6) is 0.422. The van der Waals surface area contributed by atoms with Crippen LogP contribution in [0.2, 0.25) is 0 Å². The van der Waals surface area contributed by atoms with E-state index in [0.29, 0.717) is 17.8 Å². The van der Waals surface area contributed by atoms with Gasteiger partial charge in [0.1, 0.15) is 4.83 Å². The summed E-state index contributed by atoms with van der Waals surface area (Å²) in [4.78, 5) is 20.6. The monoisotopic (exact) mass is 414 g/mol. The molecule has 0 saturated heterocycles.